The van der Waals surface area contributed by atoms with Gasteiger partial charge in [-0.05, 0) is 116 Å². The van der Waals surface area contributed by atoms with Crippen LogP contribution in [0.15, 0.2) is 11.1 Å². The van der Waals surface area contributed by atoms with E-state index in [9.17, 15) is 0 Å². The van der Waals surface area contributed by atoms with Crippen molar-refractivity contribution in [3.8, 4) is 0 Å². The molecule has 0 aromatic carbocycles. The van der Waals surface area contributed by atoms with E-state index in [1.54, 1.807) is 0 Å². The number of hydrogen-bond acceptors (Lipinski definition) is 0. The van der Waals surface area contributed by atoms with E-state index in [1.165, 1.54) is 89.9 Å². The molecule has 0 aliphatic heterocycles. The summed E-state index contributed by atoms with van der Waals surface area (Å²) in [5.41, 5.74) is 5.69. The molecule has 0 aromatic heterocycles. The Bertz CT molecular complexity index is 664. The topological polar surface area (TPSA) is 0 Å². The third kappa shape index (κ3) is 3.69. The number of allylic oxidation sites excluding steroid dienone is 2. The third-order valence-corrected chi connectivity index (χ3v) is 12.1. The Morgan fingerprint density at radius 2 is 1.58 bits per heavy atom. The zero-order valence-electron chi connectivity index (χ0n) is 22.3. The summed E-state index contributed by atoms with van der Waals surface area (Å²) in [6, 6.07) is 0. The molecule has 0 amide bonds. The van der Waals surface area contributed by atoms with Gasteiger partial charge in [0.25, 0.3) is 0 Å². The molecule has 178 valence electrons. The van der Waals surface area contributed by atoms with Crippen LogP contribution in [-0.2, 0) is 0 Å². The predicted molar refractivity (Wildman–Crippen MR) is 136 cm³/mol. The maximum absolute atomic E-state index is 2.75. The standard InChI is InChI=1S/C31H54/c1-8-31(9-2)19-11-14-28-25-15-16-26-24(23(5)13-10-12-22(3)4)17-20-29(26,6)27(25)18-21-30(28,31)7/h22-23,25,27-28H,8-21H2,1-7H3/t23-,25+,27-,28+,29+,30+/m1/s1. The molecule has 0 bridgehead atoms. The lowest BCUT2D eigenvalue weighted by Crippen LogP contribution is -2.57. The molecule has 0 saturated heterocycles. The zero-order chi connectivity index (χ0) is 22.4. The highest BCUT2D eigenvalue weighted by Crippen LogP contribution is 2.70. The van der Waals surface area contributed by atoms with Crippen molar-refractivity contribution in [2.24, 2.45) is 45.8 Å². The Balaban J connectivity index is 1.56. The maximum atomic E-state index is 2.75. The molecule has 4 rings (SSSR count). The van der Waals surface area contributed by atoms with Crippen molar-refractivity contribution in [2.45, 2.75) is 138 Å². The van der Waals surface area contributed by atoms with E-state index < -0.39 is 0 Å². The molecular formula is C31H54. The van der Waals surface area contributed by atoms with Gasteiger partial charge in [0.15, 0.2) is 0 Å². The van der Waals surface area contributed by atoms with Crippen LogP contribution in [0.2, 0.25) is 0 Å². The Morgan fingerprint density at radius 3 is 2.26 bits per heavy atom. The Morgan fingerprint density at radius 1 is 0.839 bits per heavy atom. The van der Waals surface area contributed by atoms with Crippen LogP contribution in [0.3, 0.4) is 0 Å². The average molecular weight is 427 g/mol. The second kappa shape index (κ2) is 8.83. The van der Waals surface area contributed by atoms with Crippen molar-refractivity contribution in [3.05, 3.63) is 11.1 Å². The van der Waals surface area contributed by atoms with Gasteiger partial charge in [-0.3, -0.25) is 0 Å². The predicted octanol–water partition coefficient (Wildman–Crippen LogP) is 9.98. The van der Waals surface area contributed by atoms with Crippen LogP contribution in [-0.4, -0.2) is 0 Å². The normalized spacial score (nSPS) is 40.5. The summed E-state index contributed by atoms with van der Waals surface area (Å²) >= 11 is 0. The first kappa shape index (κ1) is 23.9. The van der Waals surface area contributed by atoms with E-state index in [-0.39, 0.29) is 0 Å². The largest absolute Gasteiger partial charge is 0.0676 e. The van der Waals surface area contributed by atoms with Gasteiger partial charge in [0.2, 0.25) is 0 Å². The summed E-state index contributed by atoms with van der Waals surface area (Å²) in [7, 11) is 0. The van der Waals surface area contributed by atoms with Crippen LogP contribution >= 0.6 is 0 Å². The molecule has 6 atom stereocenters. The Hall–Kier alpha value is -0.260. The first-order valence-electron chi connectivity index (χ1n) is 14.4. The van der Waals surface area contributed by atoms with Crippen LogP contribution in [0.4, 0.5) is 0 Å². The van der Waals surface area contributed by atoms with Crippen molar-refractivity contribution in [3.63, 3.8) is 0 Å². The van der Waals surface area contributed by atoms with E-state index in [1.807, 2.05) is 11.1 Å². The molecule has 3 fully saturated rings. The number of hydrogen-bond donors (Lipinski definition) is 0. The summed E-state index contributed by atoms with van der Waals surface area (Å²) in [5, 5.41) is 0. The quantitative estimate of drug-likeness (QED) is 0.355. The average Bonchev–Trinajstić information content (AvgIpc) is 3.10. The summed E-state index contributed by atoms with van der Waals surface area (Å²) in [4.78, 5) is 0. The minimum Gasteiger partial charge on any atom is -0.0676 e. The molecule has 4 aliphatic rings. The molecule has 0 radical (unpaired) electrons. The van der Waals surface area contributed by atoms with E-state index >= 15 is 0 Å². The van der Waals surface area contributed by atoms with Gasteiger partial charge in [-0.15, -0.1) is 0 Å². The molecule has 0 spiro atoms. The minimum atomic E-state index is 0.546. The fourth-order valence-corrected chi connectivity index (χ4v) is 10.1. The molecule has 0 heterocycles. The molecule has 0 nitrogen and oxygen atoms in total. The molecule has 31 heavy (non-hydrogen) atoms. The lowest BCUT2D eigenvalue weighted by molar-refractivity contribution is -0.146. The van der Waals surface area contributed by atoms with Gasteiger partial charge in [-0.1, -0.05) is 78.9 Å². The molecular weight excluding hydrogens is 372 g/mol. The monoisotopic (exact) mass is 426 g/mol. The van der Waals surface area contributed by atoms with Gasteiger partial charge >= 0.3 is 0 Å². The summed E-state index contributed by atoms with van der Waals surface area (Å²) < 4.78 is 0. The first-order valence-corrected chi connectivity index (χ1v) is 14.4. The smallest absolute Gasteiger partial charge is 0.00796 e. The van der Waals surface area contributed by atoms with Crippen molar-refractivity contribution in [1.29, 1.82) is 0 Å². The van der Waals surface area contributed by atoms with Crippen LogP contribution < -0.4 is 0 Å². The lowest BCUT2D eigenvalue weighted by atomic mass is 9.40. The van der Waals surface area contributed by atoms with Crippen LogP contribution in [0.5, 0.6) is 0 Å². The maximum Gasteiger partial charge on any atom is -0.00796 e. The van der Waals surface area contributed by atoms with Gasteiger partial charge in [0, 0.05) is 0 Å². The fraction of sp³-hybridized carbons (Fsp3) is 0.935. The summed E-state index contributed by atoms with van der Waals surface area (Å²) in [6.45, 7) is 17.8. The van der Waals surface area contributed by atoms with Crippen LogP contribution in [0, 0.1) is 45.8 Å². The molecule has 0 aromatic rings. The lowest BCUT2D eigenvalue weighted by Gasteiger charge is -2.65. The van der Waals surface area contributed by atoms with E-state index in [2.05, 4.69) is 48.5 Å². The second-order valence-electron chi connectivity index (χ2n) is 13.4. The van der Waals surface area contributed by atoms with E-state index in [4.69, 9.17) is 0 Å². The molecule has 4 aliphatic carbocycles. The minimum absolute atomic E-state index is 0.546. The highest BCUT2D eigenvalue weighted by molar-refractivity contribution is 5.33. The first-order chi connectivity index (χ1) is 14.7. The van der Waals surface area contributed by atoms with Crippen molar-refractivity contribution < 1.29 is 0 Å². The zero-order valence-corrected chi connectivity index (χ0v) is 22.3. The van der Waals surface area contributed by atoms with Gasteiger partial charge < -0.3 is 0 Å². The molecule has 0 N–H and O–H groups in total. The van der Waals surface area contributed by atoms with Crippen molar-refractivity contribution in [2.75, 3.05) is 0 Å². The van der Waals surface area contributed by atoms with Crippen molar-refractivity contribution >= 4 is 0 Å². The van der Waals surface area contributed by atoms with Gasteiger partial charge in [0.05, 0.1) is 0 Å². The number of fused-ring (bicyclic) bond motifs is 5. The van der Waals surface area contributed by atoms with E-state index in [0.29, 0.717) is 16.2 Å². The van der Waals surface area contributed by atoms with E-state index in [0.717, 1.165) is 29.6 Å². The molecule has 0 unspecified atom stereocenters. The number of rotatable bonds is 7. The summed E-state index contributed by atoms with van der Waals surface area (Å²) in [5.74, 6) is 4.70. The summed E-state index contributed by atoms with van der Waals surface area (Å²) in [6.07, 6.45) is 20.5. The fourth-order valence-electron chi connectivity index (χ4n) is 10.1. The van der Waals surface area contributed by atoms with Gasteiger partial charge in [0.1, 0.15) is 0 Å². The Labute approximate surface area is 195 Å². The Kier molecular flexibility index (Phi) is 6.80. The SMILES string of the molecule is CCC1(CC)CCC[C@H]2[C@H]3CCC4=C([C@H](C)CCCC(C)C)CC[C@]4(C)[C@@H]3CC[C@@]21C. The van der Waals surface area contributed by atoms with Gasteiger partial charge in [-0.25, -0.2) is 0 Å². The van der Waals surface area contributed by atoms with Crippen molar-refractivity contribution in [1.82, 2.24) is 0 Å². The third-order valence-electron chi connectivity index (χ3n) is 12.1. The van der Waals surface area contributed by atoms with Crippen LogP contribution in [0.25, 0.3) is 0 Å². The van der Waals surface area contributed by atoms with Crippen LogP contribution in [0.1, 0.15) is 138 Å². The highest BCUT2D eigenvalue weighted by Gasteiger charge is 2.61. The molecule has 3 saturated carbocycles. The molecule has 0 heteroatoms. The van der Waals surface area contributed by atoms with Gasteiger partial charge in [-0.2, -0.15) is 0 Å². The highest BCUT2D eigenvalue weighted by atomic mass is 14.7. The second-order valence-corrected chi connectivity index (χ2v) is 13.4.